The van der Waals surface area contributed by atoms with Crippen molar-refractivity contribution in [2.45, 2.75) is 20.3 Å². The van der Waals surface area contributed by atoms with Crippen molar-refractivity contribution in [3.8, 4) is 0 Å². The molecule has 2 fully saturated rings. The van der Waals surface area contributed by atoms with Crippen LogP contribution in [-0.4, -0.2) is 48.1 Å². The minimum absolute atomic E-state index is 0.0147. The van der Waals surface area contributed by atoms with Gasteiger partial charge in [-0.1, -0.05) is 6.07 Å². The molecule has 5 nitrogen and oxygen atoms in total. The Balaban J connectivity index is 1.68. The first kappa shape index (κ1) is 15.0. The van der Waals surface area contributed by atoms with Crippen molar-refractivity contribution in [2.24, 2.45) is 11.8 Å². The summed E-state index contributed by atoms with van der Waals surface area (Å²) in [5.74, 6) is 0.0101. The fourth-order valence-corrected chi connectivity index (χ4v) is 3.14. The molecular weight excluding hydrogens is 280 g/mol. The summed E-state index contributed by atoms with van der Waals surface area (Å²) in [7, 11) is 0. The fraction of sp³-hybridized carbons (Fsp3) is 0.529. The fourth-order valence-electron chi connectivity index (χ4n) is 3.14. The van der Waals surface area contributed by atoms with Crippen molar-refractivity contribution in [3.63, 3.8) is 0 Å². The number of amides is 2. The third-order valence-electron chi connectivity index (χ3n) is 4.80. The van der Waals surface area contributed by atoms with Crippen molar-refractivity contribution in [1.82, 2.24) is 4.90 Å². The zero-order valence-electron chi connectivity index (χ0n) is 13.1. The van der Waals surface area contributed by atoms with E-state index >= 15 is 0 Å². The normalized spacial score (nSPS) is 22.1. The second-order valence-electron chi connectivity index (χ2n) is 6.47. The van der Waals surface area contributed by atoms with Crippen LogP contribution in [0.2, 0.25) is 0 Å². The smallest absolute Gasteiger partial charge is 0.228 e. The lowest BCUT2D eigenvalue weighted by Crippen LogP contribution is -2.53. The van der Waals surface area contributed by atoms with E-state index in [1.54, 1.807) is 9.80 Å². The number of aliphatic hydroxyl groups is 1. The molecule has 118 valence electrons. The van der Waals surface area contributed by atoms with E-state index in [4.69, 9.17) is 5.11 Å². The molecule has 5 heteroatoms. The lowest BCUT2D eigenvalue weighted by atomic mass is 9.97. The number of benzene rings is 1. The third kappa shape index (κ3) is 2.61. The van der Waals surface area contributed by atoms with Crippen molar-refractivity contribution < 1.29 is 14.7 Å². The molecule has 2 aliphatic rings. The molecule has 1 aromatic carbocycles. The highest BCUT2D eigenvalue weighted by atomic mass is 16.3. The molecule has 0 bridgehead atoms. The van der Waals surface area contributed by atoms with E-state index < -0.39 is 0 Å². The van der Waals surface area contributed by atoms with E-state index in [1.807, 2.05) is 32.0 Å². The van der Waals surface area contributed by atoms with E-state index in [2.05, 4.69) is 0 Å². The molecule has 1 atom stereocenters. The lowest BCUT2D eigenvalue weighted by Gasteiger charge is -2.39. The van der Waals surface area contributed by atoms with Gasteiger partial charge in [-0.25, -0.2) is 0 Å². The number of aryl methyl sites for hydroxylation is 2. The quantitative estimate of drug-likeness (QED) is 0.910. The van der Waals surface area contributed by atoms with E-state index in [9.17, 15) is 9.59 Å². The first-order valence-electron chi connectivity index (χ1n) is 7.77. The molecular formula is C17H22N2O3. The summed E-state index contributed by atoms with van der Waals surface area (Å²) in [4.78, 5) is 28.1. The number of rotatable bonds is 3. The maximum atomic E-state index is 12.4. The van der Waals surface area contributed by atoms with Crippen LogP contribution in [0.3, 0.4) is 0 Å². The average molecular weight is 302 g/mol. The third-order valence-corrected chi connectivity index (χ3v) is 4.80. The summed E-state index contributed by atoms with van der Waals surface area (Å²) in [6.45, 7) is 5.88. The molecule has 0 spiro atoms. The Kier molecular flexibility index (Phi) is 3.91. The SMILES string of the molecule is Cc1ccc(N2CC(C(=O)N3CC(CO)C3)CC2=O)cc1C. The van der Waals surface area contributed by atoms with Crippen LogP contribution >= 0.6 is 0 Å². The van der Waals surface area contributed by atoms with Gasteiger partial charge in [0.2, 0.25) is 11.8 Å². The molecule has 2 saturated heterocycles. The number of nitrogens with zero attached hydrogens (tertiary/aromatic N) is 2. The van der Waals surface area contributed by atoms with Gasteiger partial charge >= 0.3 is 0 Å². The molecule has 1 aromatic rings. The second kappa shape index (κ2) is 5.72. The Bertz CT molecular complexity index is 608. The van der Waals surface area contributed by atoms with Crippen LogP contribution in [0.1, 0.15) is 17.5 Å². The van der Waals surface area contributed by atoms with Gasteiger partial charge in [-0.05, 0) is 37.1 Å². The summed E-state index contributed by atoms with van der Waals surface area (Å²) >= 11 is 0. The Morgan fingerprint density at radius 2 is 1.95 bits per heavy atom. The maximum absolute atomic E-state index is 12.4. The van der Waals surface area contributed by atoms with Crippen LogP contribution in [0.25, 0.3) is 0 Å². The van der Waals surface area contributed by atoms with Crippen LogP contribution < -0.4 is 4.90 Å². The summed E-state index contributed by atoms with van der Waals surface area (Å²) < 4.78 is 0. The van der Waals surface area contributed by atoms with Gasteiger partial charge in [0.15, 0.2) is 0 Å². The topological polar surface area (TPSA) is 60.9 Å². The Labute approximate surface area is 130 Å². The summed E-state index contributed by atoms with van der Waals surface area (Å²) in [6.07, 6.45) is 0.284. The standard InChI is InChI=1S/C17H22N2O3/c1-11-3-4-15(5-12(11)2)19-9-14(6-16(19)21)17(22)18-7-13(8-18)10-20/h3-5,13-14,20H,6-10H2,1-2H3. The van der Waals surface area contributed by atoms with Crippen molar-refractivity contribution in [3.05, 3.63) is 29.3 Å². The molecule has 2 amide bonds. The highest BCUT2D eigenvalue weighted by Crippen LogP contribution is 2.29. The molecule has 0 radical (unpaired) electrons. The van der Waals surface area contributed by atoms with Gasteiger partial charge in [-0.15, -0.1) is 0 Å². The second-order valence-corrected chi connectivity index (χ2v) is 6.47. The maximum Gasteiger partial charge on any atom is 0.228 e. The molecule has 0 saturated carbocycles. The van der Waals surface area contributed by atoms with Crippen LogP contribution in [0.4, 0.5) is 5.69 Å². The Morgan fingerprint density at radius 3 is 2.59 bits per heavy atom. The van der Waals surface area contributed by atoms with Crippen molar-refractivity contribution in [2.75, 3.05) is 31.1 Å². The minimum atomic E-state index is -0.256. The van der Waals surface area contributed by atoms with Crippen LogP contribution in [0.15, 0.2) is 18.2 Å². The molecule has 1 N–H and O–H groups in total. The van der Waals surface area contributed by atoms with Crippen molar-refractivity contribution >= 4 is 17.5 Å². The van der Waals surface area contributed by atoms with E-state index in [1.165, 1.54) is 5.56 Å². The monoisotopic (exact) mass is 302 g/mol. The summed E-state index contributed by atoms with van der Waals surface area (Å²) in [6, 6.07) is 5.96. The predicted molar refractivity (Wildman–Crippen MR) is 83.5 cm³/mol. The van der Waals surface area contributed by atoms with Crippen LogP contribution in [-0.2, 0) is 9.59 Å². The number of likely N-dealkylation sites (tertiary alicyclic amines) is 1. The van der Waals surface area contributed by atoms with Crippen LogP contribution in [0, 0.1) is 25.7 Å². The first-order valence-corrected chi connectivity index (χ1v) is 7.77. The van der Waals surface area contributed by atoms with Gasteiger partial charge in [0, 0.05) is 44.3 Å². The molecule has 2 aliphatic heterocycles. The number of hydrogen-bond donors (Lipinski definition) is 1. The van der Waals surface area contributed by atoms with Gasteiger partial charge in [0.25, 0.3) is 0 Å². The highest BCUT2D eigenvalue weighted by molar-refractivity contribution is 6.00. The molecule has 1 unspecified atom stereocenters. The van der Waals surface area contributed by atoms with E-state index in [-0.39, 0.29) is 36.7 Å². The Morgan fingerprint density at radius 1 is 1.23 bits per heavy atom. The molecule has 22 heavy (non-hydrogen) atoms. The molecule has 0 aliphatic carbocycles. The lowest BCUT2D eigenvalue weighted by molar-refractivity contribution is -0.142. The number of hydrogen-bond acceptors (Lipinski definition) is 3. The minimum Gasteiger partial charge on any atom is -0.396 e. The van der Waals surface area contributed by atoms with Gasteiger partial charge in [0.05, 0.1) is 5.92 Å². The van der Waals surface area contributed by atoms with E-state index in [0.29, 0.717) is 19.6 Å². The largest absolute Gasteiger partial charge is 0.396 e. The Hall–Kier alpha value is -1.88. The molecule has 0 aromatic heterocycles. The number of carbonyl (C=O) groups excluding carboxylic acids is 2. The zero-order chi connectivity index (χ0) is 15.9. The summed E-state index contributed by atoms with van der Waals surface area (Å²) in [5, 5.41) is 9.03. The number of anilines is 1. The average Bonchev–Trinajstić information content (AvgIpc) is 2.83. The first-order chi connectivity index (χ1) is 10.5. The van der Waals surface area contributed by atoms with Gasteiger partial charge in [-0.2, -0.15) is 0 Å². The number of carbonyl (C=O) groups is 2. The van der Waals surface area contributed by atoms with E-state index in [0.717, 1.165) is 11.3 Å². The van der Waals surface area contributed by atoms with Gasteiger partial charge < -0.3 is 14.9 Å². The number of aliphatic hydroxyl groups excluding tert-OH is 1. The van der Waals surface area contributed by atoms with Gasteiger partial charge in [0.1, 0.15) is 0 Å². The zero-order valence-corrected chi connectivity index (χ0v) is 13.1. The predicted octanol–water partition coefficient (Wildman–Crippen LogP) is 1.11. The molecule has 2 heterocycles. The van der Waals surface area contributed by atoms with Crippen molar-refractivity contribution in [1.29, 1.82) is 0 Å². The van der Waals surface area contributed by atoms with Gasteiger partial charge in [-0.3, -0.25) is 9.59 Å². The molecule has 3 rings (SSSR count). The highest BCUT2D eigenvalue weighted by Gasteiger charge is 2.40. The summed E-state index contributed by atoms with van der Waals surface area (Å²) in [5.41, 5.74) is 3.22. The van der Waals surface area contributed by atoms with Crippen LogP contribution in [0.5, 0.6) is 0 Å².